The third-order valence-electron chi connectivity index (χ3n) is 4.71. The zero-order valence-corrected chi connectivity index (χ0v) is 18.1. The summed E-state index contributed by atoms with van der Waals surface area (Å²) < 4.78 is 0. The molecule has 0 aliphatic carbocycles. The van der Waals surface area contributed by atoms with E-state index in [0.29, 0.717) is 6.54 Å². The first-order valence-electron chi connectivity index (χ1n) is 9.61. The Labute approximate surface area is 179 Å². The van der Waals surface area contributed by atoms with Gasteiger partial charge in [-0.15, -0.1) is 22.7 Å². The zero-order chi connectivity index (χ0) is 20.1. The lowest BCUT2D eigenvalue weighted by molar-refractivity contribution is 0.731. The second kappa shape index (κ2) is 9.24. The molecule has 0 amide bonds. The Morgan fingerprint density at radius 2 is 1.90 bits per heavy atom. The second-order valence-corrected chi connectivity index (χ2v) is 8.59. The summed E-state index contributed by atoms with van der Waals surface area (Å²) in [6.45, 7) is 5.70. The number of thiazole rings is 2. The summed E-state index contributed by atoms with van der Waals surface area (Å²) in [5.41, 5.74) is 7.33. The van der Waals surface area contributed by atoms with Crippen molar-refractivity contribution in [2.24, 2.45) is 0 Å². The van der Waals surface area contributed by atoms with Gasteiger partial charge in [-0.05, 0) is 18.9 Å². The number of aromatic nitrogens is 4. The highest BCUT2D eigenvalue weighted by atomic mass is 32.1. The lowest BCUT2D eigenvalue weighted by Crippen LogP contribution is -2.27. The molecule has 147 valence electrons. The van der Waals surface area contributed by atoms with Gasteiger partial charge >= 0.3 is 0 Å². The smallest absolute Gasteiger partial charge is 0.225 e. The van der Waals surface area contributed by atoms with Crippen LogP contribution in [0.2, 0.25) is 0 Å². The molecule has 3 heterocycles. The molecule has 1 aromatic carbocycles. The van der Waals surface area contributed by atoms with E-state index in [9.17, 15) is 0 Å². The van der Waals surface area contributed by atoms with E-state index in [1.54, 1.807) is 11.3 Å². The molecule has 29 heavy (non-hydrogen) atoms. The fraction of sp³-hybridized carbons (Fsp3) is 0.273. The van der Waals surface area contributed by atoms with Gasteiger partial charge in [0.15, 0.2) is 5.51 Å². The molecule has 0 saturated heterocycles. The average Bonchev–Trinajstić information content (AvgIpc) is 3.42. The molecule has 0 bridgehead atoms. The van der Waals surface area contributed by atoms with Gasteiger partial charge in [0.2, 0.25) is 5.95 Å². The van der Waals surface area contributed by atoms with Crippen molar-refractivity contribution in [1.82, 2.24) is 19.9 Å². The number of benzene rings is 1. The fourth-order valence-electron chi connectivity index (χ4n) is 2.97. The standard InChI is InChI=1S/C22H22N5S2/c1-3-17-11-23-22(24-12-17)27(10-9-19-14-28-15-25-19)13-20-16(2)29-21(26-20)18-7-5-4-6-8-18/h4-8,11-12,14H,3,9-10,13H2,1-2H3. The molecule has 0 atom stereocenters. The predicted molar refractivity (Wildman–Crippen MR) is 119 cm³/mol. The minimum atomic E-state index is 0.675. The van der Waals surface area contributed by atoms with Gasteiger partial charge in [-0.2, -0.15) is 0 Å². The molecule has 5 nitrogen and oxygen atoms in total. The van der Waals surface area contributed by atoms with Gasteiger partial charge in [-0.1, -0.05) is 37.3 Å². The quantitative estimate of drug-likeness (QED) is 0.402. The zero-order valence-electron chi connectivity index (χ0n) is 16.5. The topological polar surface area (TPSA) is 54.8 Å². The Morgan fingerprint density at radius 3 is 2.59 bits per heavy atom. The van der Waals surface area contributed by atoms with Crippen LogP contribution in [0.1, 0.15) is 28.8 Å². The predicted octanol–water partition coefficient (Wildman–Crippen LogP) is 4.98. The largest absolute Gasteiger partial charge is 0.334 e. The van der Waals surface area contributed by atoms with Crippen molar-refractivity contribution in [3.8, 4) is 10.6 Å². The minimum absolute atomic E-state index is 0.675. The van der Waals surface area contributed by atoms with Crippen LogP contribution in [-0.2, 0) is 19.4 Å². The monoisotopic (exact) mass is 420 g/mol. The van der Waals surface area contributed by atoms with Crippen LogP contribution in [-0.4, -0.2) is 26.5 Å². The van der Waals surface area contributed by atoms with E-state index in [4.69, 9.17) is 4.98 Å². The van der Waals surface area contributed by atoms with E-state index in [2.05, 4.69) is 51.3 Å². The fourth-order valence-corrected chi connectivity index (χ4v) is 4.43. The Balaban J connectivity index is 1.58. The molecular formula is C22H22N5S2. The van der Waals surface area contributed by atoms with Gasteiger partial charge < -0.3 is 4.90 Å². The molecular weight excluding hydrogens is 398 g/mol. The molecule has 0 spiro atoms. The van der Waals surface area contributed by atoms with E-state index in [1.165, 1.54) is 16.2 Å². The van der Waals surface area contributed by atoms with Crippen LogP contribution in [0.5, 0.6) is 0 Å². The maximum atomic E-state index is 4.93. The van der Waals surface area contributed by atoms with Crippen molar-refractivity contribution in [3.63, 3.8) is 0 Å². The maximum absolute atomic E-state index is 4.93. The van der Waals surface area contributed by atoms with Gasteiger partial charge in [-0.3, -0.25) is 0 Å². The molecule has 0 N–H and O–H groups in total. The lowest BCUT2D eigenvalue weighted by atomic mass is 10.2. The summed E-state index contributed by atoms with van der Waals surface area (Å²) in [5.74, 6) is 0.732. The van der Waals surface area contributed by atoms with Crippen molar-refractivity contribution in [3.05, 3.63) is 75.4 Å². The summed E-state index contributed by atoms with van der Waals surface area (Å²) >= 11 is 3.24. The Kier molecular flexibility index (Phi) is 6.27. The molecule has 7 heteroatoms. The Morgan fingerprint density at radius 1 is 1.10 bits per heavy atom. The molecule has 4 aromatic rings. The van der Waals surface area contributed by atoms with Crippen molar-refractivity contribution < 1.29 is 0 Å². The van der Waals surface area contributed by atoms with Crippen LogP contribution in [0.25, 0.3) is 10.6 Å². The number of aryl methyl sites for hydroxylation is 2. The summed E-state index contributed by atoms with van der Waals surface area (Å²) in [4.78, 5) is 21.8. The van der Waals surface area contributed by atoms with Crippen molar-refractivity contribution >= 4 is 28.6 Å². The first kappa shape index (κ1) is 19.7. The van der Waals surface area contributed by atoms with Crippen molar-refractivity contribution in [1.29, 1.82) is 0 Å². The number of rotatable bonds is 8. The summed E-state index contributed by atoms with van der Waals surface area (Å²) in [6, 6.07) is 10.3. The van der Waals surface area contributed by atoms with E-state index in [1.807, 2.05) is 36.0 Å². The molecule has 0 unspecified atom stereocenters. The summed E-state index contributed by atoms with van der Waals surface area (Å²) in [5, 5.41) is 3.09. The second-order valence-electron chi connectivity index (χ2n) is 6.73. The molecule has 0 saturated carbocycles. The molecule has 0 fully saturated rings. The minimum Gasteiger partial charge on any atom is -0.334 e. The van der Waals surface area contributed by atoms with Crippen LogP contribution in [0.4, 0.5) is 5.95 Å². The SMILES string of the molecule is CCc1cnc(N(CCc2cs[c]n2)Cc2nc(-c3ccccc3)sc2C)nc1. The first-order chi connectivity index (χ1) is 14.2. The summed E-state index contributed by atoms with van der Waals surface area (Å²) in [6.07, 6.45) is 5.58. The van der Waals surface area contributed by atoms with Gasteiger partial charge in [0.1, 0.15) is 5.01 Å². The molecule has 1 radical (unpaired) electrons. The Hall–Kier alpha value is -2.64. The van der Waals surface area contributed by atoms with Crippen molar-refractivity contribution in [2.45, 2.75) is 33.2 Å². The van der Waals surface area contributed by atoms with Gasteiger partial charge in [-0.25, -0.2) is 19.9 Å². The highest BCUT2D eigenvalue weighted by Crippen LogP contribution is 2.28. The van der Waals surface area contributed by atoms with Crippen LogP contribution in [0, 0.1) is 12.4 Å². The molecule has 3 aromatic heterocycles. The lowest BCUT2D eigenvalue weighted by Gasteiger charge is -2.22. The first-order valence-corrected chi connectivity index (χ1v) is 11.3. The average molecular weight is 421 g/mol. The van der Waals surface area contributed by atoms with Gasteiger partial charge in [0.25, 0.3) is 0 Å². The molecule has 0 aliphatic heterocycles. The maximum Gasteiger partial charge on any atom is 0.225 e. The van der Waals surface area contributed by atoms with E-state index in [-0.39, 0.29) is 0 Å². The molecule has 4 rings (SSSR count). The van der Waals surface area contributed by atoms with Crippen LogP contribution in [0.15, 0.2) is 48.1 Å². The van der Waals surface area contributed by atoms with Crippen LogP contribution < -0.4 is 4.90 Å². The van der Waals surface area contributed by atoms with E-state index in [0.717, 1.165) is 52.9 Å². The molecule has 0 aliphatic rings. The summed E-state index contributed by atoms with van der Waals surface area (Å²) in [7, 11) is 0. The number of nitrogens with zero attached hydrogens (tertiary/aromatic N) is 5. The third kappa shape index (κ3) is 4.86. The van der Waals surface area contributed by atoms with Gasteiger partial charge in [0.05, 0.1) is 17.9 Å². The van der Waals surface area contributed by atoms with Crippen molar-refractivity contribution in [2.75, 3.05) is 11.4 Å². The van der Waals surface area contributed by atoms with E-state index < -0.39 is 0 Å². The Bertz CT molecular complexity index is 1030. The number of hydrogen-bond donors (Lipinski definition) is 0. The number of hydrogen-bond acceptors (Lipinski definition) is 7. The third-order valence-corrected chi connectivity index (χ3v) is 6.36. The normalized spacial score (nSPS) is 11.0. The van der Waals surface area contributed by atoms with Crippen LogP contribution >= 0.6 is 22.7 Å². The van der Waals surface area contributed by atoms with E-state index >= 15 is 0 Å². The number of anilines is 1. The highest BCUT2D eigenvalue weighted by Gasteiger charge is 2.16. The van der Waals surface area contributed by atoms with Gasteiger partial charge in [0, 0.05) is 41.2 Å². The van der Waals surface area contributed by atoms with Crippen LogP contribution in [0.3, 0.4) is 0 Å². The highest BCUT2D eigenvalue weighted by molar-refractivity contribution is 7.15.